The minimum Gasteiger partial charge on any atom is -0.481 e. The van der Waals surface area contributed by atoms with Crippen molar-refractivity contribution in [3.8, 4) is 0 Å². The molecule has 1 heterocycles. The van der Waals surface area contributed by atoms with E-state index in [4.69, 9.17) is 9.52 Å². The van der Waals surface area contributed by atoms with Crippen molar-refractivity contribution in [1.29, 1.82) is 0 Å². The van der Waals surface area contributed by atoms with E-state index in [0.29, 0.717) is 11.1 Å². The Labute approximate surface area is 91.1 Å². The van der Waals surface area contributed by atoms with Crippen LogP contribution in [0.3, 0.4) is 0 Å². The Morgan fingerprint density at radius 1 is 1.38 bits per heavy atom. The molecule has 2 rings (SSSR count). The van der Waals surface area contributed by atoms with Crippen LogP contribution in [0.5, 0.6) is 0 Å². The minimum absolute atomic E-state index is 0.0758. The first kappa shape index (κ1) is 10.4. The van der Waals surface area contributed by atoms with Crippen LogP contribution in [0.25, 0.3) is 11.0 Å². The average Bonchev–Trinajstić information content (AvgIpc) is 2.15. The fourth-order valence-electron chi connectivity index (χ4n) is 1.65. The van der Waals surface area contributed by atoms with E-state index in [-0.39, 0.29) is 6.42 Å². The summed E-state index contributed by atoms with van der Waals surface area (Å²) < 4.78 is 5.02. The van der Waals surface area contributed by atoms with Gasteiger partial charge in [-0.1, -0.05) is 12.1 Å². The summed E-state index contributed by atoms with van der Waals surface area (Å²) in [5, 5.41) is 9.48. The number of fused-ring (bicyclic) bond motifs is 1. The Kier molecular flexibility index (Phi) is 2.48. The molecular weight excluding hydrogens is 208 g/mol. The summed E-state index contributed by atoms with van der Waals surface area (Å²) in [6.45, 7) is 1.82. The molecule has 0 spiro atoms. The van der Waals surface area contributed by atoms with Gasteiger partial charge in [0.05, 0.1) is 6.42 Å². The summed E-state index contributed by atoms with van der Waals surface area (Å²) in [6, 6.07) is 6.51. The van der Waals surface area contributed by atoms with Crippen molar-refractivity contribution < 1.29 is 14.3 Å². The predicted molar refractivity (Wildman–Crippen MR) is 58.6 cm³/mol. The molecule has 1 aromatic carbocycles. The molecule has 0 atom stereocenters. The number of aryl methyl sites for hydroxylation is 1. The predicted octanol–water partition coefficient (Wildman–Crippen LogP) is 1.73. The molecule has 0 aliphatic heterocycles. The van der Waals surface area contributed by atoms with E-state index < -0.39 is 11.6 Å². The lowest BCUT2D eigenvalue weighted by atomic mass is 10.1. The maximum atomic E-state index is 11.2. The highest BCUT2D eigenvalue weighted by molar-refractivity contribution is 5.81. The van der Waals surface area contributed by atoms with Crippen LogP contribution in [0.4, 0.5) is 0 Å². The molecular formula is C12H10O4. The standard InChI is InChI=1S/C12H10O4/c1-7-4-12(15)16-10-5-8(6-11(13)14)2-3-9(7)10/h2-5H,6H2,1H3,(H,13,14). The highest BCUT2D eigenvalue weighted by atomic mass is 16.4. The molecule has 82 valence electrons. The lowest BCUT2D eigenvalue weighted by Crippen LogP contribution is -2.01. The van der Waals surface area contributed by atoms with Crippen molar-refractivity contribution >= 4 is 16.9 Å². The fraction of sp³-hybridized carbons (Fsp3) is 0.167. The van der Waals surface area contributed by atoms with Gasteiger partial charge in [-0.15, -0.1) is 0 Å². The van der Waals surface area contributed by atoms with Crippen molar-refractivity contribution in [3.05, 3.63) is 45.8 Å². The molecule has 0 unspecified atom stereocenters. The normalized spacial score (nSPS) is 10.6. The summed E-state index contributed by atoms with van der Waals surface area (Å²) in [5.41, 5.74) is 1.46. The molecule has 16 heavy (non-hydrogen) atoms. The van der Waals surface area contributed by atoms with Gasteiger partial charge in [0, 0.05) is 11.5 Å². The zero-order valence-corrected chi connectivity index (χ0v) is 8.69. The first-order valence-corrected chi connectivity index (χ1v) is 4.81. The zero-order valence-electron chi connectivity index (χ0n) is 8.69. The molecule has 0 aliphatic carbocycles. The number of benzene rings is 1. The highest BCUT2D eigenvalue weighted by Gasteiger charge is 2.05. The maximum Gasteiger partial charge on any atom is 0.336 e. The smallest absolute Gasteiger partial charge is 0.336 e. The number of carboxylic acid groups (broad SMARTS) is 1. The molecule has 1 N–H and O–H groups in total. The minimum atomic E-state index is -0.908. The maximum absolute atomic E-state index is 11.2. The van der Waals surface area contributed by atoms with E-state index in [2.05, 4.69) is 0 Å². The molecule has 0 bridgehead atoms. The Hall–Kier alpha value is -2.10. The lowest BCUT2D eigenvalue weighted by molar-refractivity contribution is -0.136. The second kappa shape index (κ2) is 3.81. The molecule has 4 nitrogen and oxygen atoms in total. The fourth-order valence-corrected chi connectivity index (χ4v) is 1.65. The van der Waals surface area contributed by atoms with Gasteiger partial charge in [-0.25, -0.2) is 4.79 Å². The van der Waals surface area contributed by atoms with Crippen molar-refractivity contribution in [2.24, 2.45) is 0 Å². The second-order valence-electron chi connectivity index (χ2n) is 3.65. The van der Waals surface area contributed by atoms with Crippen molar-refractivity contribution in [2.75, 3.05) is 0 Å². The molecule has 0 fully saturated rings. The van der Waals surface area contributed by atoms with Crippen molar-refractivity contribution in [1.82, 2.24) is 0 Å². The molecule has 0 amide bonds. The van der Waals surface area contributed by atoms with E-state index in [1.54, 1.807) is 18.2 Å². The number of rotatable bonds is 2. The van der Waals surface area contributed by atoms with Gasteiger partial charge in [-0.05, 0) is 24.1 Å². The van der Waals surface area contributed by atoms with Gasteiger partial charge >= 0.3 is 11.6 Å². The monoisotopic (exact) mass is 218 g/mol. The summed E-state index contributed by atoms with van der Waals surface area (Å²) in [4.78, 5) is 21.7. The molecule has 2 aromatic rings. The number of hydrogen-bond donors (Lipinski definition) is 1. The lowest BCUT2D eigenvalue weighted by Gasteiger charge is -2.02. The summed E-state index contributed by atoms with van der Waals surface area (Å²) in [6.07, 6.45) is -0.0758. The van der Waals surface area contributed by atoms with E-state index in [9.17, 15) is 9.59 Å². The second-order valence-corrected chi connectivity index (χ2v) is 3.65. The quantitative estimate of drug-likeness (QED) is 0.779. The van der Waals surface area contributed by atoms with Crippen LogP contribution in [0, 0.1) is 6.92 Å². The molecule has 0 saturated carbocycles. The topological polar surface area (TPSA) is 67.5 Å². The van der Waals surface area contributed by atoms with Gasteiger partial charge < -0.3 is 9.52 Å². The van der Waals surface area contributed by atoms with Crippen LogP contribution < -0.4 is 5.63 Å². The van der Waals surface area contributed by atoms with Crippen molar-refractivity contribution in [2.45, 2.75) is 13.3 Å². The molecule has 0 saturated heterocycles. The average molecular weight is 218 g/mol. The van der Waals surface area contributed by atoms with Gasteiger partial charge in [0.1, 0.15) is 5.58 Å². The Balaban J connectivity index is 2.61. The number of hydrogen-bond acceptors (Lipinski definition) is 3. The third-order valence-corrected chi connectivity index (χ3v) is 2.37. The molecule has 0 aliphatic rings. The highest BCUT2D eigenvalue weighted by Crippen LogP contribution is 2.18. The molecule has 4 heteroatoms. The number of aliphatic carboxylic acids is 1. The Morgan fingerprint density at radius 3 is 2.81 bits per heavy atom. The van der Waals surface area contributed by atoms with Crippen LogP contribution >= 0.6 is 0 Å². The van der Waals surface area contributed by atoms with Crippen molar-refractivity contribution in [3.63, 3.8) is 0 Å². The van der Waals surface area contributed by atoms with Gasteiger partial charge in [-0.2, -0.15) is 0 Å². The molecule has 0 radical (unpaired) electrons. The first-order chi connectivity index (χ1) is 7.56. The van der Waals surface area contributed by atoms with Gasteiger partial charge in [0.25, 0.3) is 0 Å². The molecule has 1 aromatic heterocycles. The third kappa shape index (κ3) is 1.95. The van der Waals surface area contributed by atoms with Crippen LogP contribution in [0.2, 0.25) is 0 Å². The Bertz CT molecular complexity index is 610. The third-order valence-electron chi connectivity index (χ3n) is 2.37. The first-order valence-electron chi connectivity index (χ1n) is 4.81. The number of carboxylic acids is 1. The van der Waals surface area contributed by atoms with Gasteiger partial charge in [0.2, 0.25) is 0 Å². The summed E-state index contributed by atoms with van der Waals surface area (Å²) in [7, 11) is 0. The van der Waals surface area contributed by atoms with Gasteiger partial charge in [-0.3, -0.25) is 4.79 Å². The Morgan fingerprint density at radius 2 is 2.12 bits per heavy atom. The van der Waals surface area contributed by atoms with E-state index >= 15 is 0 Å². The largest absolute Gasteiger partial charge is 0.481 e. The van der Waals surface area contributed by atoms with Crippen LogP contribution in [-0.4, -0.2) is 11.1 Å². The van der Waals surface area contributed by atoms with E-state index in [0.717, 1.165) is 10.9 Å². The van der Waals surface area contributed by atoms with Crippen LogP contribution in [0.15, 0.2) is 33.5 Å². The zero-order chi connectivity index (χ0) is 11.7. The summed E-state index contributed by atoms with van der Waals surface area (Å²) in [5.74, 6) is -0.908. The summed E-state index contributed by atoms with van der Waals surface area (Å²) >= 11 is 0. The van der Waals surface area contributed by atoms with E-state index in [1.807, 2.05) is 6.92 Å². The van der Waals surface area contributed by atoms with Crippen LogP contribution in [-0.2, 0) is 11.2 Å². The van der Waals surface area contributed by atoms with Gasteiger partial charge in [0.15, 0.2) is 0 Å². The number of carbonyl (C=O) groups is 1. The SMILES string of the molecule is Cc1cc(=O)oc2cc(CC(=O)O)ccc12. The van der Waals surface area contributed by atoms with E-state index in [1.165, 1.54) is 6.07 Å². The van der Waals surface area contributed by atoms with Crippen LogP contribution in [0.1, 0.15) is 11.1 Å².